The van der Waals surface area contributed by atoms with Gasteiger partial charge in [-0.15, -0.1) is 0 Å². The van der Waals surface area contributed by atoms with Crippen molar-refractivity contribution >= 4 is 5.91 Å². The summed E-state index contributed by atoms with van der Waals surface area (Å²) in [6.45, 7) is 4.56. The van der Waals surface area contributed by atoms with E-state index in [0.717, 1.165) is 31.2 Å². The molecule has 4 fully saturated rings. The van der Waals surface area contributed by atoms with Crippen LogP contribution in [-0.2, 0) is 4.79 Å². The zero-order valence-electron chi connectivity index (χ0n) is 12.0. The lowest BCUT2D eigenvalue weighted by Crippen LogP contribution is -2.49. The smallest absolute Gasteiger partial charge is 0.226 e. The number of carbonyl (C=O) groups excluding carboxylic acids is 1. The van der Waals surface area contributed by atoms with E-state index in [1.54, 1.807) is 0 Å². The number of likely N-dealkylation sites (tertiary alicyclic amines) is 1. The first kappa shape index (κ1) is 12.2. The minimum atomic E-state index is -0.755. The van der Waals surface area contributed by atoms with E-state index in [0.29, 0.717) is 23.7 Å². The Bertz CT molecular complexity index is 397. The third kappa shape index (κ3) is 1.63. The minimum Gasteiger partial charge on any atom is -0.388 e. The maximum atomic E-state index is 12.8. The summed E-state index contributed by atoms with van der Waals surface area (Å²) < 4.78 is 0. The average molecular weight is 263 g/mol. The second-order valence-corrected chi connectivity index (χ2v) is 7.86. The monoisotopic (exact) mass is 263 g/mol. The van der Waals surface area contributed by atoms with Crippen molar-refractivity contribution in [3.8, 4) is 0 Å². The molecule has 3 aliphatic carbocycles. The van der Waals surface area contributed by atoms with Crippen molar-refractivity contribution in [1.82, 2.24) is 4.90 Å². The standard InChI is InChI=1S/C16H25NO2/c1-16(2,19)11-4-3-7-17(11)15(18)14-12-9-5-6-10(8-9)13(12)14/h9-14,19H,3-8H2,1-2H3. The normalized spacial score (nSPS) is 47.6. The number of amides is 1. The molecule has 2 bridgehead atoms. The molecule has 19 heavy (non-hydrogen) atoms. The highest BCUT2D eigenvalue weighted by Gasteiger charge is 2.68. The van der Waals surface area contributed by atoms with Crippen LogP contribution < -0.4 is 0 Å². The number of rotatable bonds is 2. The van der Waals surface area contributed by atoms with Gasteiger partial charge in [-0.05, 0) is 69.6 Å². The molecule has 0 aromatic carbocycles. The van der Waals surface area contributed by atoms with E-state index in [-0.39, 0.29) is 6.04 Å². The maximum absolute atomic E-state index is 12.8. The SMILES string of the molecule is CC(C)(O)C1CCCN1C(=O)C1C2C3CCC(C3)C12. The van der Waals surface area contributed by atoms with Crippen LogP contribution in [0, 0.1) is 29.6 Å². The van der Waals surface area contributed by atoms with E-state index >= 15 is 0 Å². The number of nitrogens with zero attached hydrogens (tertiary/aromatic N) is 1. The molecular weight excluding hydrogens is 238 g/mol. The Morgan fingerprint density at radius 3 is 2.37 bits per heavy atom. The lowest BCUT2D eigenvalue weighted by Gasteiger charge is -2.34. The highest BCUT2D eigenvalue weighted by Crippen LogP contribution is 2.69. The third-order valence-corrected chi connectivity index (χ3v) is 6.37. The first-order chi connectivity index (χ1) is 8.98. The first-order valence-electron chi connectivity index (χ1n) is 8.01. The summed E-state index contributed by atoms with van der Waals surface area (Å²) in [7, 11) is 0. The molecule has 5 atom stereocenters. The van der Waals surface area contributed by atoms with E-state index in [1.807, 2.05) is 18.7 Å². The Balaban J connectivity index is 1.50. The summed E-state index contributed by atoms with van der Waals surface area (Å²) in [5, 5.41) is 10.3. The molecule has 3 saturated carbocycles. The molecule has 0 spiro atoms. The molecule has 1 heterocycles. The van der Waals surface area contributed by atoms with Crippen molar-refractivity contribution in [2.45, 2.75) is 57.6 Å². The van der Waals surface area contributed by atoms with Gasteiger partial charge in [-0.25, -0.2) is 0 Å². The Morgan fingerprint density at radius 2 is 1.79 bits per heavy atom. The van der Waals surface area contributed by atoms with Crippen molar-refractivity contribution in [3.05, 3.63) is 0 Å². The van der Waals surface area contributed by atoms with Crippen LogP contribution in [0.4, 0.5) is 0 Å². The third-order valence-electron chi connectivity index (χ3n) is 6.37. The van der Waals surface area contributed by atoms with E-state index in [4.69, 9.17) is 0 Å². The summed E-state index contributed by atoms with van der Waals surface area (Å²) in [5.41, 5.74) is -0.755. The molecule has 0 aromatic rings. The zero-order chi connectivity index (χ0) is 13.4. The van der Waals surface area contributed by atoms with Crippen molar-refractivity contribution in [2.75, 3.05) is 6.54 Å². The van der Waals surface area contributed by atoms with Crippen molar-refractivity contribution in [1.29, 1.82) is 0 Å². The summed E-state index contributed by atoms with van der Waals surface area (Å²) in [6, 6.07) is 0.0407. The summed E-state index contributed by atoms with van der Waals surface area (Å²) in [5.74, 6) is 3.84. The fraction of sp³-hybridized carbons (Fsp3) is 0.938. The van der Waals surface area contributed by atoms with Crippen molar-refractivity contribution < 1.29 is 9.90 Å². The highest BCUT2D eigenvalue weighted by atomic mass is 16.3. The molecular formula is C16H25NO2. The zero-order valence-corrected chi connectivity index (χ0v) is 12.0. The minimum absolute atomic E-state index is 0.0407. The van der Waals surface area contributed by atoms with Crippen LogP contribution >= 0.6 is 0 Å². The molecule has 0 radical (unpaired) electrons. The van der Waals surface area contributed by atoms with Gasteiger partial charge >= 0.3 is 0 Å². The predicted octanol–water partition coefficient (Wildman–Crippen LogP) is 2.04. The van der Waals surface area contributed by atoms with Crippen LogP contribution in [0.2, 0.25) is 0 Å². The van der Waals surface area contributed by atoms with E-state index in [9.17, 15) is 9.90 Å². The van der Waals surface area contributed by atoms with Crippen LogP contribution in [0.15, 0.2) is 0 Å². The molecule has 1 aliphatic heterocycles. The lowest BCUT2D eigenvalue weighted by atomic mass is 9.95. The largest absolute Gasteiger partial charge is 0.388 e. The van der Waals surface area contributed by atoms with Gasteiger partial charge in [0.2, 0.25) is 5.91 Å². The van der Waals surface area contributed by atoms with Gasteiger partial charge in [-0.3, -0.25) is 4.79 Å². The second-order valence-electron chi connectivity index (χ2n) is 7.86. The number of hydrogen-bond acceptors (Lipinski definition) is 2. The highest BCUT2D eigenvalue weighted by molar-refractivity contribution is 5.83. The van der Waals surface area contributed by atoms with Gasteiger partial charge in [0, 0.05) is 12.5 Å². The second kappa shape index (κ2) is 3.75. The molecule has 1 N–H and O–H groups in total. The molecule has 3 nitrogen and oxygen atoms in total. The summed E-state index contributed by atoms with van der Waals surface area (Å²) >= 11 is 0. The van der Waals surface area contributed by atoms with E-state index in [2.05, 4.69) is 0 Å². The van der Waals surface area contributed by atoms with Gasteiger partial charge in [0.25, 0.3) is 0 Å². The number of carbonyl (C=O) groups is 1. The molecule has 0 aromatic heterocycles. The van der Waals surface area contributed by atoms with Crippen LogP contribution in [0.1, 0.15) is 46.0 Å². The fourth-order valence-electron chi connectivity index (χ4n) is 5.61. The number of fused-ring (bicyclic) bond motifs is 5. The van der Waals surface area contributed by atoms with Crippen LogP contribution in [0.3, 0.4) is 0 Å². The lowest BCUT2D eigenvalue weighted by molar-refractivity contribution is -0.139. The maximum Gasteiger partial charge on any atom is 0.226 e. The van der Waals surface area contributed by atoms with Gasteiger partial charge in [-0.1, -0.05) is 0 Å². The summed E-state index contributed by atoms with van der Waals surface area (Å²) in [4.78, 5) is 14.8. The molecule has 4 aliphatic rings. The molecule has 5 unspecified atom stereocenters. The number of hydrogen-bond donors (Lipinski definition) is 1. The Morgan fingerprint density at radius 1 is 1.16 bits per heavy atom. The van der Waals surface area contributed by atoms with Crippen molar-refractivity contribution in [2.24, 2.45) is 29.6 Å². The molecule has 106 valence electrons. The van der Waals surface area contributed by atoms with E-state index < -0.39 is 5.60 Å². The van der Waals surface area contributed by atoms with Gasteiger partial charge in [0.05, 0.1) is 11.6 Å². The van der Waals surface area contributed by atoms with E-state index in [1.165, 1.54) is 19.3 Å². The Kier molecular flexibility index (Phi) is 2.41. The van der Waals surface area contributed by atoms with Crippen molar-refractivity contribution in [3.63, 3.8) is 0 Å². The fourth-order valence-corrected chi connectivity index (χ4v) is 5.61. The molecule has 3 heteroatoms. The average Bonchev–Trinajstić information content (AvgIpc) is 2.77. The Labute approximate surface area is 115 Å². The van der Waals surface area contributed by atoms with Gasteiger partial charge in [0.1, 0.15) is 0 Å². The van der Waals surface area contributed by atoms with Crippen LogP contribution in [0.25, 0.3) is 0 Å². The van der Waals surface area contributed by atoms with Crippen LogP contribution in [-0.4, -0.2) is 34.1 Å². The molecule has 4 rings (SSSR count). The molecule has 1 saturated heterocycles. The Hall–Kier alpha value is -0.570. The first-order valence-corrected chi connectivity index (χ1v) is 8.01. The number of aliphatic hydroxyl groups is 1. The quantitative estimate of drug-likeness (QED) is 0.828. The van der Waals surface area contributed by atoms with Gasteiger partial charge in [-0.2, -0.15) is 0 Å². The summed E-state index contributed by atoms with van der Waals surface area (Å²) in [6.07, 6.45) is 6.14. The van der Waals surface area contributed by atoms with Crippen LogP contribution in [0.5, 0.6) is 0 Å². The molecule has 1 amide bonds. The van der Waals surface area contributed by atoms with Gasteiger partial charge < -0.3 is 10.0 Å². The topological polar surface area (TPSA) is 40.5 Å². The predicted molar refractivity (Wildman–Crippen MR) is 72.3 cm³/mol. The van der Waals surface area contributed by atoms with Gasteiger partial charge in [0.15, 0.2) is 0 Å².